The number of rotatable bonds is 6. The highest BCUT2D eigenvalue weighted by Gasteiger charge is 2.34. The van der Waals surface area contributed by atoms with E-state index in [2.05, 4.69) is 39.0 Å². The highest BCUT2D eigenvalue weighted by molar-refractivity contribution is 5.43. The first-order valence-corrected chi connectivity index (χ1v) is 11.3. The molecule has 0 saturated heterocycles. The molecule has 1 aliphatic carbocycles. The molecule has 29 heavy (non-hydrogen) atoms. The number of benzene rings is 2. The van der Waals surface area contributed by atoms with Gasteiger partial charge in [0.1, 0.15) is 11.6 Å². The average molecular weight is 401 g/mol. The van der Waals surface area contributed by atoms with Gasteiger partial charge in [-0.1, -0.05) is 58.0 Å². The van der Waals surface area contributed by atoms with E-state index in [-0.39, 0.29) is 7.24 Å². The molecular formula is C27H41FO. The van der Waals surface area contributed by atoms with Crippen LogP contribution in [0.25, 0.3) is 0 Å². The zero-order valence-electron chi connectivity index (χ0n) is 19.2. The maximum absolute atomic E-state index is 13.1. The molecule has 0 aliphatic heterocycles. The van der Waals surface area contributed by atoms with Crippen LogP contribution in [0.5, 0.6) is 5.75 Å². The quantitative estimate of drug-likeness (QED) is 0.473. The number of ether oxygens (including phenoxy) is 1. The van der Waals surface area contributed by atoms with Gasteiger partial charge in [0.25, 0.3) is 0 Å². The largest absolute Gasteiger partial charge is 0.496 e. The topological polar surface area (TPSA) is 9.23 Å². The fraction of sp³-hybridized carbons (Fsp3) is 0.556. The van der Waals surface area contributed by atoms with Crippen LogP contribution < -0.4 is 4.74 Å². The van der Waals surface area contributed by atoms with Gasteiger partial charge in [-0.05, 0) is 91.5 Å². The molecular weight excluding hydrogens is 359 g/mol. The van der Waals surface area contributed by atoms with Gasteiger partial charge in [-0.15, -0.1) is 0 Å². The molecule has 162 valence electrons. The molecule has 1 atom stereocenters. The zero-order valence-corrected chi connectivity index (χ0v) is 19.2. The van der Waals surface area contributed by atoms with E-state index in [0.29, 0.717) is 11.3 Å². The normalized spacial score (nSPS) is 22.4. The third-order valence-electron chi connectivity index (χ3n) is 6.81. The Bertz CT molecular complexity index is 748. The first kappa shape index (κ1) is 23.4. The monoisotopic (exact) mass is 400 g/mol. The second-order valence-corrected chi connectivity index (χ2v) is 8.76. The average Bonchev–Trinajstić information content (AvgIpc) is 2.75. The molecule has 1 saturated carbocycles. The third-order valence-corrected chi connectivity index (χ3v) is 6.81. The summed E-state index contributed by atoms with van der Waals surface area (Å²) in [4.78, 5) is 0. The van der Waals surface area contributed by atoms with E-state index in [1.165, 1.54) is 48.8 Å². The van der Waals surface area contributed by atoms with Crippen LogP contribution in [0.1, 0.15) is 83.8 Å². The van der Waals surface area contributed by atoms with Crippen LogP contribution in [0.15, 0.2) is 42.5 Å². The lowest BCUT2D eigenvalue weighted by atomic mass is 9.65. The summed E-state index contributed by atoms with van der Waals surface area (Å²) in [6.07, 6.45) is 7.33. The van der Waals surface area contributed by atoms with Crippen LogP contribution in [-0.4, -0.2) is 7.11 Å². The van der Waals surface area contributed by atoms with Gasteiger partial charge >= 0.3 is 0 Å². The Morgan fingerprint density at radius 2 is 1.72 bits per heavy atom. The summed E-state index contributed by atoms with van der Waals surface area (Å²) in [7, 11) is 1.78. The fourth-order valence-corrected chi connectivity index (χ4v) is 4.75. The van der Waals surface area contributed by atoms with E-state index >= 15 is 0 Å². The Labute approximate surface area is 179 Å². The minimum Gasteiger partial charge on any atom is -0.496 e. The molecule has 0 bridgehead atoms. The SMILES string of the molecule is CC.COc1c(C)cccc1C(C)C1CCC(C)(CCc2ccc(F)cc2)CC1.[HH]. The van der Waals surface area contributed by atoms with Crippen molar-refractivity contribution in [1.82, 2.24) is 0 Å². The van der Waals surface area contributed by atoms with Gasteiger partial charge < -0.3 is 4.74 Å². The van der Waals surface area contributed by atoms with Crippen molar-refractivity contribution in [1.29, 1.82) is 0 Å². The molecule has 2 aromatic carbocycles. The second-order valence-electron chi connectivity index (χ2n) is 8.76. The molecule has 1 nitrogen and oxygen atoms in total. The number of hydrogen-bond donors (Lipinski definition) is 0. The van der Waals surface area contributed by atoms with E-state index in [1.807, 2.05) is 26.0 Å². The van der Waals surface area contributed by atoms with Crippen LogP contribution in [0, 0.1) is 24.1 Å². The maximum atomic E-state index is 13.1. The Hall–Kier alpha value is -1.83. The molecule has 0 N–H and O–H groups in total. The van der Waals surface area contributed by atoms with E-state index < -0.39 is 0 Å². The van der Waals surface area contributed by atoms with Gasteiger partial charge in [0.05, 0.1) is 7.11 Å². The van der Waals surface area contributed by atoms with E-state index in [4.69, 9.17) is 4.74 Å². The second kappa shape index (κ2) is 10.8. The van der Waals surface area contributed by atoms with Crippen molar-refractivity contribution in [2.75, 3.05) is 7.11 Å². The van der Waals surface area contributed by atoms with Gasteiger partial charge in [0.15, 0.2) is 0 Å². The number of aryl methyl sites for hydroxylation is 2. The van der Waals surface area contributed by atoms with Crippen LogP contribution in [0.4, 0.5) is 4.39 Å². The molecule has 1 aliphatic rings. The molecule has 3 rings (SSSR count). The Morgan fingerprint density at radius 1 is 1.10 bits per heavy atom. The predicted octanol–water partition coefficient (Wildman–Crippen LogP) is 8.35. The molecule has 0 heterocycles. The Balaban J connectivity index is 0.00000146. The van der Waals surface area contributed by atoms with Gasteiger partial charge in [0, 0.05) is 1.43 Å². The van der Waals surface area contributed by atoms with Crippen molar-refractivity contribution in [3.63, 3.8) is 0 Å². The van der Waals surface area contributed by atoms with Crippen molar-refractivity contribution in [3.8, 4) is 5.75 Å². The molecule has 1 fully saturated rings. The van der Waals surface area contributed by atoms with Crippen molar-refractivity contribution in [2.45, 2.75) is 79.1 Å². The summed E-state index contributed by atoms with van der Waals surface area (Å²) < 4.78 is 18.8. The first-order chi connectivity index (χ1) is 13.9. The molecule has 2 heteroatoms. The zero-order chi connectivity index (χ0) is 21.4. The number of para-hydroxylation sites is 1. The molecule has 0 amide bonds. The maximum Gasteiger partial charge on any atom is 0.125 e. The first-order valence-electron chi connectivity index (χ1n) is 11.3. The van der Waals surface area contributed by atoms with Gasteiger partial charge in [0.2, 0.25) is 0 Å². The third kappa shape index (κ3) is 6.07. The standard InChI is InChI=1S/C25H33FO.C2H6.H2/c1-18-6-5-7-23(24(18)27-4)19(2)21-13-16-25(3,17-14-21)15-12-20-8-10-22(26)11-9-20;1-2;/h5-11,19,21H,12-17H2,1-4H3;1-2H3;1H. The minimum absolute atomic E-state index is 0. The lowest BCUT2D eigenvalue weighted by Gasteiger charge is -2.40. The van der Waals surface area contributed by atoms with Gasteiger partial charge in [-0.3, -0.25) is 0 Å². The molecule has 1 unspecified atom stereocenters. The molecule has 0 aromatic heterocycles. The fourth-order valence-electron chi connectivity index (χ4n) is 4.75. The predicted molar refractivity (Wildman–Crippen MR) is 124 cm³/mol. The molecule has 2 aromatic rings. The lowest BCUT2D eigenvalue weighted by molar-refractivity contribution is 0.145. The highest BCUT2D eigenvalue weighted by atomic mass is 19.1. The summed E-state index contributed by atoms with van der Waals surface area (Å²) in [6, 6.07) is 13.5. The lowest BCUT2D eigenvalue weighted by Crippen LogP contribution is -2.27. The summed E-state index contributed by atoms with van der Waals surface area (Å²) in [5.41, 5.74) is 4.23. The Kier molecular flexibility index (Phi) is 8.74. The van der Waals surface area contributed by atoms with Crippen molar-refractivity contribution >= 4 is 0 Å². The van der Waals surface area contributed by atoms with Gasteiger partial charge in [-0.25, -0.2) is 4.39 Å². The summed E-state index contributed by atoms with van der Waals surface area (Å²) in [6.45, 7) is 10.9. The van der Waals surface area contributed by atoms with Gasteiger partial charge in [-0.2, -0.15) is 0 Å². The highest BCUT2D eigenvalue weighted by Crippen LogP contribution is 2.47. The van der Waals surface area contributed by atoms with Crippen LogP contribution in [0.3, 0.4) is 0 Å². The van der Waals surface area contributed by atoms with E-state index in [9.17, 15) is 4.39 Å². The van der Waals surface area contributed by atoms with E-state index in [0.717, 1.165) is 18.1 Å². The van der Waals surface area contributed by atoms with Crippen molar-refractivity contribution in [3.05, 3.63) is 65.0 Å². The van der Waals surface area contributed by atoms with Crippen LogP contribution in [0.2, 0.25) is 0 Å². The van der Waals surface area contributed by atoms with Crippen LogP contribution in [-0.2, 0) is 6.42 Å². The number of methoxy groups -OCH3 is 1. The van der Waals surface area contributed by atoms with Crippen molar-refractivity contribution in [2.24, 2.45) is 11.3 Å². The summed E-state index contributed by atoms with van der Waals surface area (Å²) >= 11 is 0. The summed E-state index contributed by atoms with van der Waals surface area (Å²) in [5, 5.41) is 0. The van der Waals surface area contributed by atoms with Crippen LogP contribution >= 0.6 is 0 Å². The Morgan fingerprint density at radius 3 is 2.31 bits per heavy atom. The minimum atomic E-state index is -0.147. The van der Waals surface area contributed by atoms with Crippen molar-refractivity contribution < 1.29 is 10.6 Å². The molecule has 0 radical (unpaired) electrons. The number of halogens is 1. The summed E-state index contributed by atoms with van der Waals surface area (Å²) in [5.74, 6) is 2.17. The van der Waals surface area contributed by atoms with E-state index in [1.54, 1.807) is 19.2 Å². The number of hydrogen-bond acceptors (Lipinski definition) is 1. The molecule has 0 spiro atoms. The smallest absolute Gasteiger partial charge is 0.125 e.